The summed E-state index contributed by atoms with van der Waals surface area (Å²) in [5.41, 5.74) is 0. The molecule has 2 rings (SSSR count). The highest BCUT2D eigenvalue weighted by atomic mass is 16.7. The first-order valence-electron chi connectivity index (χ1n) is 16.5. The molecule has 0 N–H and O–H groups in total. The summed E-state index contributed by atoms with van der Waals surface area (Å²) in [4.78, 5) is 0. The SMILES string of the molecule is CCCCCOC[C@H]1O[C@@H](OC2CCCCC2)[C@H](OCCCCC)[C@@H](OCCCCC)[C@@H]1OCCCCC. The van der Waals surface area contributed by atoms with Crippen molar-refractivity contribution in [3.05, 3.63) is 0 Å². The molecule has 226 valence electrons. The average Bonchev–Trinajstić information content (AvgIpc) is 2.93. The first-order valence-corrected chi connectivity index (χ1v) is 16.5. The molecule has 1 saturated carbocycles. The Bertz CT molecular complexity index is 526. The van der Waals surface area contributed by atoms with E-state index in [-0.39, 0.29) is 30.5 Å². The molecule has 0 unspecified atom stereocenters. The number of unbranched alkanes of at least 4 members (excludes halogenated alkanes) is 8. The van der Waals surface area contributed by atoms with Gasteiger partial charge in [-0.25, -0.2) is 0 Å². The lowest BCUT2D eigenvalue weighted by molar-refractivity contribution is -0.333. The minimum absolute atomic E-state index is 0.220. The van der Waals surface area contributed by atoms with Gasteiger partial charge in [-0.05, 0) is 38.5 Å². The van der Waals surface area contributed by atoms with Crippen LogP contribution < -0.4 is 0 Å². The highest BCUT2D eigenvalue weighted by molar-refractivity contribution is 4.93. The van der Waals surface area contributed by atoms with Crippen molar-refractivity contribution in [1.82, 2.24) is 0 Å². The summed E-state index contributed by atoms with van der Waals surface area (Å²) in [6.45, 7) is 12.3. The van der Waals surface area contributed by atoms with E-state index in [1.165, 1.54) is 57.8 Å². The molecule has 6 nitrogen and oxygen atoms in total. The molecule has 0 aromatic rings. The van der Waals surface area contributed by atoms with Crippen molar-refractivity contribution in [2.45, 2.75) is 174 Å². The van der Waals surface area contributed by atoms with Gasteiger partial charge in [-0.3, -0.25) is 0 Å². The van der Waals surface area contributed by atoms with E-state index in [9.17, 15) is 0 Å². The zero-order valence-electron chi connectivity index (χ0n) is 25.5. The predicted octanol–water partition coefficient (Wildman–Crippen LogP) is 7.99. The first kappa shape index (κ1) is 34.0. The summed E-state index contributed by atoms with van der Waals surface area (Å²) in [5.74, 6) is 0. The van der Waals surface area contributed by atoms with Crippen LogP contribution in [0.2, 0.25) is 0 Å². The largest absolute Gasteiger partial charge is 0.379 e. The number of hydrogen-bond donors (Lipinski definition) is 0. The van der Waals surface area contributed by atoms with E-state index in [0.717, 1.165) is 58.0 Å². The molecule has 0 bridgehead atoms. The Hall–Kier alpha value is -0.240. The Balaban J connectivity index is 2.21. The fourth-order valence-electron chi connectivity index (χ4n) is 5.45. The molecular weight excluding hydrogens is 480 g/mol. The summed E-state index contributed by atoms with van der Waals surface area (Å²) in [5, 5.41) is 0. The van der Waals surface area contributed by atoms with E-state index in [0.29, 0.717) is 26.4 Å². The number of hydrogen-bond acceptors (Lipinski definition) is 6. The van der Waals surface area contributed by atoms with Crippen LogP contribution in [0.1, 0.15) is 137 Å². The van der Waals surface area contributed by atoms with Crippen molar-refractivity contribution in [3.8, 4) is 0 Å². The molecule has 6 heteroatoms. The molecule has 1 aliphatic carbocycles. The second-order valence-electron chi connectivity index (χ2n) is 11.3. The van der Waals surface area contributed by atoms with E-state index >= 15 is 0 Å². The Morgan fingerprint density at radius 1 is 0.553 bits per heavy atom. The van der Waals surface area contributed by atoms with E-state index in [2.05, 4.69) is 27.7 Å². The van der Waals surface area contributed by atoms with Crippen LogP contribution >= 0.6 is 0 Å². The Morgan fingerprint density at radius 3 is 1.61 bits per heavy atom. The second kappa shape index (κ2) is 22.4. The predicted molar refractivity (Wildman–Crippen MR) is 155 cm³/mol. The van der Waals surface area contributed by atoms with E-state index in [4.69, 9.17) is 28.4 Å². The van der Waals surface area contributed by atoms with Gasteiger partial charge < -0.3 is 28.4 Å². The van der Waals surface area contributed by atoms with Crippen LogP contribution in [-0.4, -0.2) is 69.8 Å². The lowest BCUT2D eigenvalue weighted by Crippen LogP contribution is -2.62. The Kier molecular flexibility index (Phi) is 20.1. The molecule has 1 aliphatic heterocycles. The van der Waals surface area contributed by atoms with Gasteiger partial charge in [0.25, 0.3) is 0 Å². The maximum Gasteiger partial charge on any atom is 0.187 e. The van der Waals surface area contributed by atoms with Crippen LogP contribution in [0.15, 0.2) is 0 Å². The van der Waals surface area contributed by atoms with Crippen LogP contribution in [-0.2, 0) is 28.4 Å². The highest BCUT2D eigenvalue weighted by Crippen LogP contribution is 2.33. The molecule has 0 radical (unpaired) electrons. The summed E-state index contributed by atoms with van der Waals surface area (Å²) in [6.07, 6.45) is 18.4. The smallest absolute Gasteiger partial charge is 0.187 e. The molecule has 1 heterocycles. The molecule has 2 aliphatic rings. The fraction of sp³-hybridized carbons (Fsp3) is 1.00. The van der Waals surface area contributed by atoms with Gasteiger partial charge in [0, 0.05) is 26.4 Å². The van der Waals surface area contributed by atoms with Crippen LogP contribution in [0, 0.1) is 0 Å². The summed E-state index contributed by atoms with van der Waals surface area (Å²) < 4.78 is 39.4. The molecule has 0 aromatic carbocycles. The maximum atomic E-state index is 6.72. The van der Waals surface area contributed by atoms with E-state index in [1.54, 1.807) is 0 Å². The van der Waals surface area contributed by atoms with E-state index in [1.807, 2.05) is 0 Å². The monoisotopic (exact) mass is 542 g/mol. The summed E-state index contributed by atoms with van der Waals surface area (Å²) in [7, 11) is 0. The number of ether oxygens (including phenoxy) is 6. The Labute approximate surface area is 235 Å². The third-order valence-electron chi connectivity index (χ3n) is 7.82. The highest BCUT2D eigenvalue weighted by Gasteiger charge is 2.49. The number of rotatable bonds is 23. The van der Waals surface area contributed by atoms with Crippen molar-refractivity contribution >= 4 is 0 Å². The lowest BCUT2D eigenvalue weighted by atomic mass is 9.96. The fourth-order valence-corrected chi connectivity index (χ4v) is 5.45. The summed E-state index contributed by atoms with van der Waals surface area (Å²) in [6, 6.07) is 0. The Morgan fingerprint density at radius 2 is 1.05 bits per heavy atom. The third-order valence-corrected chi connectivity index (χ3v) is 7.82. The van der Waals surface area contributed by atoms with Crippen molar-refractivity contribution in [1.29, 1.82) is 0 Å². The molecule has 38 heavy (non-hydrogen) atoms. The maximum absolute atomic E-state index is 6.72. The van der Waals surface area contributed by atoms with Gasteiger partial charge in [0.1, 0.15) is 24.4 Å². The van der Waals surface area contributed by atoms with Gasteiger partial charge >= 0.3 is 0 Å². The van der Waals surface area contributed by atoms with E-state index < -0.39 is 6.29 Å². The first-order chi connectivity index (χ1) is 18.7. The van der Waals surface area contributed by atoms with Gasteiger partial charge in [-0.1, -0.05) is 98.3 Å². The normalized spacial score (nSPS) is 26.7. The van der Waals surface area contributed by atoms with Gasteiger partial charge in [-0.15, -0.1) is 0 Å². The average molecular weight is 543 g/mol. The molecule has 1 saturated heterocycles. The molecule has 0 amide bonds. The standard InChI is InChI=1S/C32H62O6/c1-5-9-16-22-33-26-28-29(34-23-17-10-6-2)30(35-24-18-11-7-3)31(36-25-19-12-8-4)32(38-28)37-27-20-14-13-15-21-27/h27-32H,5-26H2,1-4H3/t28-,29-,30+,31-,32-/m1/s1. The minimum Gasteiger partial charge on any atom is -0.379 e. The van der Waals surface area contributed by atoms with Crippen LogP contribution in [0.5, 0.6) is 0 Å². The summed E-state index contributed by atoms with van der Waals surface area (Å²) >= 11 is 0. The van der Waals surface area contributed by atoms with Gasteiger partial charge in [0.15, 0.2) is 6.29 Å². The third kappa shape index (κ3) is 13.4. The molecule has 0 aromatic heterocycles. The van der Waals surface area contributed by atoms with Crippen molar-refractivity contribution in [3.63, 3.8) is 0 Å². The van der Waals surface area contributed by atoms with Crippen LogP contribution in [0.25, 0.3) is 0 Å². The minimum atomic E-state index is -0.448. The van der Waals surface area contributed by atoms with Gasteiger partial charge in [0.2, 0.25) is 0 Å². The quantitative estimate of drug-likeness (QED) is 0.122. The lowest BCUT2D eigenvalue weighted by Gasteiger charge is -2.47. The molecular formula is C32H62O6. The van der Waals surface area contributed by atoms with Gasteiger partial charge in [0.05, 0.1) is 12.7 Å². The zero-order chi connectivity index (χ0) is 27.3. The topological polar surface area (TPSA) is 55.4 Å². The second-order valence-corrected chi connectivity index (χ2v) is 11.3. The zero-order valence-corrected chi connectivity index (χ0v) is 25.5. The molecule has 5 atom stereocenters. The molecule has 0 spiro atoms. The van der Waals surface area contributed by atoms with Crippen molar-refractivity contribution in [2.75, 3.05) is 33.0 Å². The van der Waals surface area contributed by atoms with Crippen molar-refractivity contribution < 1.29 is 28.4 Å². The van der Waals surface area contributed by atoms with Crippen LogP contribution in [0.3, 0.4) is 0 Å². The van der Waals surface area contributed by atoms with Crippen LogP contribution in [0.4, 0.5) is 0 Å². The molecule has 2 fully saturated rings. The van der Waals surface area contributed by atoms with Crippen molar-refractivity contribution in [2.24, 2.45) is 0 Å². The van der Waals surface area contributed by atoms with Gasteiger partial charge in [-0.2, -0.15) is 0 Å².